The fourth-order valence-corrected chi connectivity index (χ4v) is 2.09. The Morgan fingerprint density at radius 2 is 2.20 bits per heavy atom. The topological polar surface area (TPSA) is 26.0 Å². The van der Waals surface area contributed by atoms with Gasteiger partial charge in [0.15, 0.2) is 0 Å². The van der Waals surface area contributed by atoms with E-state index in [1.54, 1.807) is 0 Å². The average Bonchev–Trinajstić information content (AvgIpc) is 1.95. The van der Waals surface area contributed by atoms with Gasteiger partial charge < -0.3 is 5.73 Å². The summed E-state index contributed by atoms with van der Waals surface area (Å²) in [5.74, 6) is 1.24. The van der Waals surface area contributed by atoms with Crippen LogP contribution < -0.4 is 5.73 Å². The monoisotopic (exact) mass is 161 g/mol. The molecule has 0 saturated heterocycles. The van der Waals surface area contributed by atoms with Gasteiger partial charge in [0.25, 0.3) is 0 Å². The molecule has 1 nitrogen and oxygen atoms in total. The van der Waals surface area contributed by atoms with Gasteiger partial charge in [0, 0.05) is 5.38 Å². The van der Waals surface area contributed by atoms with E-state index < -0.39 is 0 Å². The highest BCUT2D eigenvalue weighted by molar-refractivity contribution is 6.21. The maximum absolute atomic E-state index is 6.15. The van der Waals surface area contributed by atoms with Crippen LogP contribution in [0.1, 0.15) is 26.2 Å². The predicted octanol–water partition coefficient (Wildman–Crippen LogP) is 1.99. The van der Waals surface area contributed by atoms with E-state index in [1.807, 2.05) is 0 Å². The van der Waals surface area contributed by atoms with Gasteiger partial charge >= 0.3 is 0 Å². The van der Waals surface area contributed by atoms with Gasteiger partial charge in [-0.15, -0.1) is 11.6 Å². The molecule has 1 aliphatic carbocycles. The molecule has 1 aliphatic rings. The molecule has 0 aliphatic heterocycles. The van der Waals surface area contributed by atoms with E-state index in [0.29, 0.717) is 17.2 Å². The largest absolute Gasteiger partial charge is 0.330 e. The van der Waals surface area contributed by atoms with Crippen LogP contribution in [0.25, 0.3) is 0 Å². The molecule has 10 heavy (non-hydrogen) atoms. The van der Waals surface area contributed by atoms with Crippen molar-refractivity contribution in [3.8, 4) is 0 Å². The molecule has 60 valence electrons. The molecule has 0 radical (unpaired) electrons. The van der Waals surface area contributed by atoms with E-state index >= 15 is 0 Å². The molecule has 3 unspecified atom stereocenters. The summed E-state index contributed by atoms with van der Waals surface area (Å²) in [4.78, 5) is 0. The van der Waals surface area contributed by atoms with Crippen molar-refractivity contribution in [2.75, 3.05) is 6.54 Å². The summed E-state index contributed by atoms with van der Waals surface area (Å²) < 4.78 is 0. The van der Waals surface area contributed by atoms with Gasteiger partial charge in [0.2, 0.25) is 0 Å². The van der Waals surface area contributed by atoms with Crippen molar-refractivity contribution in [1.29, 1.82) is 0 Å². The fraction of sp³-hybridized carbons (Fsp3) is 1.00. The van der Waals surface area contributed by atoms with Crippen LogP contribution >= 0.6 is 11.6 Å². The van der Waals surface area contributed by atoms with Gasteiger partial charge in [-0.3, -0.25) is 0 Å². The maximum Gasteiger partial charge on any atom is 0.0401 e. The number of hydrogen-bond donors (Lipinski definition) is 1. The standard InChI is InChI=1S/C8H16ClN/c1-6-3-2-4-7(5-10)8(6)9/h6-8H,2-5,10H2,1H3. The number of rotatable bonds is 1. The number of halogens is 1. The quantitative estimate of drug-likeness (QED) is 0.585. The van der Waals surface area contributed by atoms with Crippen molar-refractivity contribution >= 4 is 11.6 Å². The molecule has 1 saturated carbocycles. The Bertz CT molecular complexity index is 105. The molecule has 0 aromatic rings. The second-order valence-corrected chi connectivity index (χ2v) is 3.85. The molecule has 0 spiro atoms. The van der Waals surface area contributed by atoms with Crippen LogP contribution in [0.3, 0.4) is 0 Å². The number of alkyl halides is 1. The highest BCUT2D eigenvalue weighted by Gasteiger charge is 2.27. The van der Waals surface area contributed by atoms with Gasteiger partial charge in [-0.2, -0.15) is 0 Å². The van der Waals surface area contributed by atoms with E-state index in [1.165, 1.54) is 19.3 Å². The molecule has 1 fully saturated rings. The highest BCUT2D eigenvalue weighted by atomic mass is 35.5. The lowest BCUT2D eigenvalue weighted by atomic mass is 9.82. The van der Waals surface area contributed by atoms with Crippen molar-refractivity contribution in [1.82, 2.24) is 0 Å². The smallest absolute Gasteiger partial charge is 0.0401 e. The molecule has 2 heteroatoms. The first-order valence-electron chi connectivity index (χ1n) is 4.10. The van der Waals surface area contributed by atoms with Crippen LogP contribution in [0, 0.1) is 11.8 Å². The minimum Gasteiger partial charge on any atom is -0.330 e. The second-order valence-electron chi connectivity index (χ2n) is 3.35. The van der Waals surface area contributed by atoms with Gasteiger partial charge in [0.05, 0.1) is 0 Å². The Labute approximate surface area is 67.9 Å². The summed E-state index contributed by atoms with van der Waals surface area (Å²) in [5.41, 5.74) is 5.57. The molecule has 3 atom stereocenters. The summed E-state index contributed by atoms with van der Waals surface area (Å²) in [7, 11) is 0. The van der Waals surface area contributed by atoms with Crippen molar-refractivity contribution in [2.24, 2.45) is 17.6 Å². The lowest BCUT2D eigenvalue weighted by Gasteiger charge is -2.31. The number of hydrogen-bond acceptors (Lipinski definition) is 1. The molecular formula is C8H16ClN. The van der Waals surface area contributed by atoms with Crippen LogP contribution in [-0.4, -0.2) is 11.9 Å². The van der Waals surface area contributed by atoms with E-state index in [2.05, 4.69) is 6.92 Å². The van der Waals surface area contributed by atoms with E-state index in [0.717, 1.165) is 6.54 Å². The first-order chi connectivity index (χ1) is 4.75. The summed E-state index contributed by atoms with van der Waals surface area (Å²) in [6.07, 6.45) is 3.83. The summed E-state index contributed by atoms with van der Waals surface area (Å²) in [5, 5.41) is 0.332. The third kappa shape index (κ3) is 1.64. The van der Waals surface area contributed by atoms with E-state index in [4.69, 9.17) is 17.3 Å². The molecule has 0 aromatic heterocycles. The SMILES string of the molecule is CC1CCCC(CN)C1Cl. The minimum atomic E-state index is 0.332. The third-order valence-corrected chi connectivity index (χ3v) is 3.32. The first-order valence-corrected chi connectivity index (χ1v) is 4.53. The van der Waals surface area contributed by atoms with Crippen LogP contribution in [0.5, 0.6) is 0 Å². The molecule has 0 aromatic carbocycles. The predicted molar refractivity (Wildman–Crippen MR) is 45.2 cm³/mol. The maximum atomic E-state index is 6.15. The molecule has 2 N–H and O–H groups in total. The molecule has 0 amide bonds. The first kappa shape index (κ1) is 8.35. The second kappa shape index (κ2) is 3.59. The Morgan fingerprint density at radius 1 is 1.50 bits per heavy atom. The lowest BCUT2D eigenvalue weighted by Crippen LogP contribution is -2.32. The minimum absolute atomic E-state index is 0.332. The van der Waals surface area contributed by atoms with Crippen molar-refractivity contribution in [3.05, 3.63) is 0 Å². The van der Waals surface area contributed by atoms with Gasteiger partial charge in [-0.1, -0.05) is 13.3 Å². The molecule has 1 rings (SSSR count). The summed E-state index contributed by atoms with van der Waals surface area (Å²) >= 11 is 6.15. The normalized spacial score (nSPS) is 41.7. The molecular weight excluding hydrogens is 146 g/mol. The zero-order chi connectivity index (χ0) is 7.56. The van der Waals surface area contributed by atoms with E-state index in [9.17, 15) is 0 Å². The van der Waals surface area contributed by atoms with Crippen LogP contribution in [0.4, 0.5) is 0 Å². The van der Waals surface area contributed by atoms with Crippen molar-refractivity contribution in [2.45, 2.75) is 31.6 Å². The fourth-order valence-electron chi connectivity index (χ4n) is 1.73. The van der Waals surface area contributed by atoms with Crippen LogP contribution in [0.15, 0.2) is 0 Å². The lowest BCUT2D eigenvalue weighted by molar-refractivity contribution is 0.296. The highest BCUT2D eigenvalue weighted by Crippen LogP contribution is 2.32. The zero-order valence-electron chi connectivity index (χ0n) is 6.52. The van der Waals surface area contributed by atoms with Crippen molar-refractivity contribution < 1.29 is 0 Å². The Hall–Kier alpha value is 0.250. The Balaban J connectivity index is 2.42. The zero-order valence-corrected chi connectivity index (χ0v) is 7.27. The number of nitrogens with two attached hydrogens (primary N) is 1. The molecule has 0 heterocycles. The summed E-state index contributed by atoms with van der Waals surface area (Å²) in [6.45, 7) is 2.98. The van der Waals surface area contributed by atoms with Crippen LogP contribution in [0.2, 0.25) is 0 Å². The Kier molecular flexibility index (Phi) is 2.99. The Morgan fingerprint density at radius 3 is 2.70 bits per heavy atom. The summed E-state index contributed by atoms with van der Waals surface area (Å²) in [6, 6.07) is 0. The van der Waals surface area contributed by atoms with Gasteiger partial charge in [-0.05, 0) is 31.2 Å². The average molecular weight is 162 g/mol. The van der Waals surface area contributed by atoms with Gasteiger partial charge in [0.1, 0.15) is 0 Å². The van der Waals surface area contributed by atoms with E-state index in [-0.39, 0.29) is 0 Å². The van der Waals surface area contributed by atoms with Crippen molar-refractivity contribution in [3.63, 3.8) is 0 Å². The molecule has 0 bridgehead atoms. The van der Waals surface area contributed by atoms with Crippen LogP contribution in [-0.2, 0) is 0 Å². The van der Waals surface area contributed by atoms with Gasteiger partial charge in [-0.25, -0.2) is 0 Å². The third-order valence-electron chi connectivity index (χ3n) is 2.53.